The number of carbonyl (C=O) groups is 2. The second-order valence-corrected chi connectivity index (χ2v) is 8.85. The lowest BCUT2D eigenvalue weighted by Crippen LogP contribution is -2.47. The molecule has 0 unspecified atom stereocenters. The second kappa shape index (κ2) is 6.96. The van der Waals surface area contributed by atoms with E-state index in [4.69, 9.17) is 0 Å². The van der Waals surface area contributed by atoms with Crippen LogP contribution in [0.5, 0.6) is 0 Å². The van der Waals surface area contributed by atoms with Crippen molar-refractivity contribution in [3.05, 3.63) is 29.6 Å². The molecule has 2 aromatic rings. The van der Waals surface area contributed by atoms with Crippen LogP contribution in [0.15, 0.2) is 12.3 Å². The maximum atomic E-state index is 12.7. The van der Waals surface area contributed by atoms with Crippen LogP contribution in [-0.4, -0.2) is 60.9 Å². The summed E-state index contributed by atoms with van der Waals surface area (Å²) in [5.41, 5.74) is 0.602. The number of fused-ring (bicyclic) bond motifs is 1. The van der Waals surface area contributed by atoms with Crippen LogP contribution in [0, 0.1) is 11.3 Å². The number of nitrogens with zero attached hydrogens (tertiary/aromatic N) is 6. The molecule has 0 radical (unpaired) electrons. The Morgan fingerprint density at radius 3 is 2.69 bits per heavy atom. The molecule has 2 amide bonds. The number of hydrogen-bond acceptors (Lipinski definition) is 5. The van der Waals surface area contributed by atoms with Crippen molar-refractivity contribution in [2.24, 2.45) is 18.4 Å². The van der Waals surface area contributed by atoms with Gasteiger partial charge < -0.3 is 14.8 Å². The minimum absolute atomic E-state index is 0.00129. The molecule has 4 heterocycles. The molecule has 1 saturated heterocycles. The highest BCUT2D eigenvalue weighted by atomic mass is 16.2. The van der Waals surface area contributed by atoms with Gasteiger partial charge in [-0.2, -0.15) is 5.10 Å². The Bertz CT molecular complexity index is 935. The largest absolute Gasteiger partial charge is 0.349 e. The van der Waals surface area contributed by atoms with Crippen LogP contribution in [0.1, 0.15) is 59.0 Å². The molecule has 3 aliphatic rings. The predicted molar refractivity (Wildman–Crippen MR) is 104 cm³/mol. The fourth-order valence-electron chi connectivity index (χ4n) is 4.57. The first kappa shape index (κ1) is 18.3. The van der Waals surface area contributed by atoms with Gasteiger partial charge >= 0.3 is 0 Å². The van der Waals surface area contributed by atoms with Gasteiger partial charge in [0.15, 0.2) is 0 Å². The zero-order chi connectivity index (χ0) is 20.0. The van der Waals surface area contributed by atoms with Crippen molar-refractivity contribution in [2.45, 2.75) is 45.1 Å². The van der Waals surface area contributed by atoms with Crippen molar-refractivity contribution in [1.82, 2.24) is 34.8 Å². The molecule has 9 nitrogen and oxygen atoms in total. The summed E-state index contributed by atoms with van der Waals surface area (Å²) < 4.78 is 3.67. The molecule has 5 rings (SSSR count). The van der Waals surface area contributed by atoms with Crippen LogP contribution >= 0.6 is 0 Å². The molecule has 9 heteroatoms. The van der Waals surface area contributed by atoms with E-state index in [0.717, 1.165) is 57.7 Å². The Hall–Kier alpha value is -2.71. The van der Waals surface area contributed by atoms with Gasteiger partial charge in [-0.15, -0.1) is 10.2 Å². The van der Waals surface area contributed by atoms with E-state index in [1.165, 1.54) is 12.8 Å². The molecule has 0 atom stereocenters. The minimum Gasteiger partial charge on any atom is -0.349 e. The van der Waals surface area contributed by atoms with Crippen molar-refractivity contribution in [3.63, 3.8) is 0 Å². The van der Waals surface area contributed by atoms with Crippen LogP contribution < -0.4 is 5.32 Å². The van der Waals surface area contributed by atoms with Crippen molar-refractivity contribution < 1.29 is 9.59 Å². The molecule has 0 aromatic carbocycles. The summed E-state index contributed by atoms with van der Waals surface area (Å²) in [4.78, 5) is 27.2. The summed E-state index contributed by atoms with van der Waals surface area (Å²) in [5.74, 6) is 1.86. The highest BCUT2D eigenvalue weighted by Gasteiger charge is 2.41. The number of piperidine rings is 1. The zero-order valence-electron chi connectivity index (χ0n) is 16.8. The molecular formula is C20H27N7O2. The van der Waals surface area contributed by atoms with E-state index >= 15 is 0 Å². The quantitative estimate of drug-likeness (QED) is 0.831. The lowest BCUT2D eigenvalue weighted by atomic mass is 9.73. The van der Waals surface area contributed by atoms with E-state index < -0.39 is 0 Å². The third-order valence-electron chi connectivity index (χ3n) is 6.70. The number of rotatable bonds is 4. The van der Waals surface area contributed by atoms with E-state index in [-0.39, 0.29) is 17.2 Å². The first-order valence-corrected chi connectivity index (χ1v) is 10.5. The van der Waals surface area contributed by atoms with Gasteiger partial charge in [0.25, 0.3) is 11.8 Å². The van der Waals surface area contributed by atoms with Gasteiger partial charge in [-0.05, 0) is 49.5 Å². The number of amides is 2. The van der Waals surface area contributed by atoms with Crippen molar-refractivity contribution >= 4 is 11.8 Å². The maximum Gasteiger partial charge on any atom is 0.289 e. The molecule has 154 valence electrons. The fourth-order valence-corrected chi connectivity index (χ4v) is 4.57. The van der Waals surface area contributed by atoms with Gasteiger partial charge in [0.05, 0.1) is 0 Å². The van der Waals surface area contributed by atoms with Crippen molar-refractivity contribution in [3.8, 4) is 0 Å². The van der Waals surface area contributed by atoms with E-state index in [9.17, 15) is 9.59 Å². The Morgan fingerprint density at radius 2 is 2.00 bits per heavy atom. The standard InChI is InChI=1S/C20H27N7O2/c1-25-9-5-15(24-25)19(29)26-10-7-20(8-11-26)6-4-16-22-23-17(27(16)13-20)18(28)21-12-14-2-3-14/h5,9,14H,2-4,6-8,10-13H2,1H3,(H,21,28). The molecule has 1 N–H and O–H groups in total. The normalized spacial score (nSPS) is 20.5. The number of aryl methyl sites for hydroxylation is 2. The van der Waals surface area contributed by atoms with E-state index in [0.29, 0.717) is 17.4 Å². The second-order valence-electron chi connectivity index (χ2n) is 8.85. The third-order valence-corrected chi connectivity index (χ3v) is 6.70. The van der Waals surface area contributed by atoms with Crippen LogP contribution in [0.2, 0.25) is 0 Å². The first-order chi connectivity index (χ1) is 14.0. The lowest BCUT2D eigenvalue weighted by molar-refractivity contribution is 0.0460. The first-order valence-electron chi connectivity index (χ1n) is 10.5. The van der Waals surface area contributed by atoms with Crippen LogP contribution in [0.4, 0.5) is 0 Å². The van der Waals surface area contributed by atoms with Crippen LogP contribution in [0.25, 0.3) is 0 Å². The summed E-state index contributed by atoms with van der Waals surface area (Å²) in [6.07, 6.45) is 7.91. The fraction of sp³-hybridized carbons (Fsp3) is 0.650. The Morgan fingerprint density at radius 1 is 1.21 bits per heavy atom. The van der Waals surface area contributed by atoms with E-state index in [1.807, 2.05) is 16.5 Å². The van der Waals surface area contributed by atoms with Crippen molar-refractivity contribution in [2.75, 3.05) is 19.6 Å². The van der Waals surface area contributed by atoms with E-state index in [2.05, 4.69) is 20.6 Å². The zero-order valence-corrected chi connectivity index (χ0v) is 16.8. The highest BCUT2D eigenvalue weighted by Crippen LogP contribution is 2.41. The van der Waals surface area contributed by atoms with Crippen LogP contribution in [0.3, 0.4) is 0 Å². The number of nitrogens with one attached hydrogen (secondary N) is 1. The Labute approximate surface area is 169 Å². The predicted octanol–water partition coefficient (Wildman–Crippen LogP) is 1.02. The average Bonchev–Trinajstić information content (AvgIpc) is 3.31. The summed E-state index contributed by atoms with van der Waals surface area (Å²) >= 11 is 0. The van der Waals surface area contributed by atoms with Gasteiger partial charge in [-0.25, -0.2) is 0 Å². The van der Waals surface area contributed by atoms with Gasteiger partial charge in [0.2, 0.25) is 5.82 Å². The Balaban J connectivity index is 1.25. The van der Waals surface area contributed by atoms with Gasteiger partial charge in [-0.1, -0.05) is 0 Å². The average molecular weight is 397 g/mol. The summed E-state index contributed by atoms with van der Waals surface area (Å²) in [7, 11) is 1.82. The molecule has 1 aliphatic carbocycles. The third kappa shape index (κ3) is 3.54. The van der Waals surface area contributed by atoms with Gasteiger partial charge in [-0.3, -0.25) is 14.3 Å². The van der Waals surface area contributed by atoms with Crippen molar-refractivity contribution in [1.29, 1.82) is 0 Å². The minimum atomic E-state index is -0.115. The molecule has 2 aromatic heterocycles. The molecule has 1 spiro atoms. The van der Waals surface area contributed by atoms with Gasteiger partial charge in [0.1, 0.15) is 11.5 Å². The number of likely N-dealkylation sites (tertiary alicyclic amines) is 1. The molecule has 0 bridgehead atoms. The smallest absolute Gasteiger partial charge is 0.289 e. The molecule has 2 aliphatic heterocycles. The lowest BCUT2D eigenvalue weighted by Gasteiger charge is -2.44. The van der Waals surface area contributed by atoms with Gasteiger partial charge in [0, 0.05) is 45.8 Å². The molecule has 2 fully saturated rings. The maximum absolute atomic E-state index is 12.7. The topological polar surface area (TPSA) is 97.9 Å². The number of aromatic nitrogens is 5. The summed E-state index contributed by atoms with van der Waals surface area (Å²) in [6, 6.07) is 1.77. The molecule has 1 saturated carbocycles. The number of hydrogen-bond donors (Lipinski definition) is 1. The molecule has 29 heavy (non-hydrogen) atoms. The summed E-state index contributed by atoms with van der Waals surface area (Å²) in [6.45, 7) is 2.93. The van der Waals surface area contributed by atoms with E-state index in [1.54, 1.807) is 16.9 Å². The van der Waals surface area contributed by atoms with Crippen LogP contribution in [-0.2, 0) is 20.0 Å². The number of carbonyl (C=O) groups excluding carboxylic acids is 2. The SMILES string of the molecule is Cn1ccc(C(=O)N2CCC3(CCc4nnc(C(=O)NCC5CC5)n4C3)CC2)n1. The Kier molecular flexibility index (Phi) is 4.40. The monoisotopic (exact) mass is 397 g/mol. The highest BCUT2D eigenvalue weighted by molar-refractivity contribution is 5.92. The summed E-state index contributed by atoms with van der Waals surface area (Å²) in [5, 5.41) is 15.7. The molecular weight excluding hydrogens is 370 g/mol.